The summed E-state index contributed by atoms with van der Waals surface area (Å²) in [5.41, 5.74) is 5.66. The highest BCUT2D eigenvalue weighted by molar-refractivity contribution is 5.94. The van der Waals surface area contributed by atoms with Crippen molar-refractivity contribution < 1.29 is 9.72 Å². The molecular formula is C10H13N3O3. The van der Waals surface area contributed by atoms with E-state index < -0.39 is 4.92 Å². The molecule has 86 valence electrons. The molecule has 0 atom stereocenters. The fourth-order valence-corrected chi connectivity index (χ4v) is 1.14. The summed E-state index contributed by atoms with van der Waals surface area (Å²) in [6, 6.07) is 5.46. The molecule has 0 aliphatic rings. The van der Waals surface area contributed by atoms with E-state index in [1.807, 2.05) is 0 Å². The number of rotatable bonds is 5. The number of carbonyl (C=O) groups is 1. The summed E-state index contributed by atoms with van der Waals surface area (Å²) in [4.78, 5) is 21.4. The van der Waals surface area contributed by atoms with E-state index in [-0.39, 0.29) is 11.6 Å². The number of benzene rings is 1. The van der Waals surface area contributed by atoms with Gasteiger partial charge >= 0.3 is 0 Å². The van der Waals surface area contributed by atoms with Crippen LogP contribution in [0.3, 0.4) is 0 Å². The SMILES string of the molecule is NCCCNC(=O)c1ccc([N+](=O)[O-])cc1. The predicted molar refractivity (Wildman–Crippen MR) is 59.1 cm³/mol. The predicted octanol–water partition coefficient (Wildman–Crippen LogP) is 0.673. The van der Waals surface area contributed by atoms with Crippen molar-refractivity contribution in [3.05, 3.63) is 39.9 Å². The molecule has 1 aromatic carbocycles. The van der Waals surface area contributed by atoms with Crippen molar-refractivity contribution in [1.29, 1.82) is 0 Å². The molecule has 0 saturated carbocycles. The molecule has 0 unspecified atom stereocenters. The Kier molecular flexibility index (Phi) is 4.41. The summed E-state index contributed by atoms with van der Waals surface area (Å²) in [5, 5.41) is 13.0. The Balaban J connectivity index is 2.59. The maximum atomic E-state index is 11.5. The molecule has 0 saturated heterocycles. The quantitative estimate of drug-likeness (QED) is 0.435. The monoisotopic (exact) mass is 223 g/mol. The summed E-state index contributed by atoms with van der Waals surface area (Å²) >= 11 is 0. The number of hydrogen-bond acceptors (Lipinski definition) is 4. The second-order valence-corrected chi connectivity index (χ2v) is 3.20. The lowest BCUT2D eigenvalue weighted by Gasteiger charge is -2.03. The van der Waals surface area contributed by atoms with E-state index in [1.165, 1.54) is 24.3 Å². The fourth-order valence-electron chi connectivity index (χ4n) is 1.14. The van der Waals surface area contributed by atoms with Gasteiger partial charge in [-0.05, 0) is 25.1 Å². The van der Waals surface area contributed by atoms with E-state index in [2.05, 4.69) is 5.32 Å². The van der Waals surface area contributed by atoms with E-state index in [0.717, 1.165) is 0 Å². The van der Waals surface area contributed by atoms with Crippen LogP contribution in [0.1, 0.15) is 16.8 Å². The number of nitro groups is 1. The van der Waals surface area contributed by atoms with Crippen LogP contribution in [0.2, 0.25) is 0 Å². The molecule has 16 heavy (non-hydrogen) atoms. The molecule has 6 nitrogen and oxygen atoms in total. The molecule has 1 amide bonds. The summed E-state index contributed by atoms with van der Waals surface area (Å²) in [5.74, 6) is -0.247. The molecule has 0 spiro atoms. The molecule has 1 aromatic rings. The van der Waals surface area contributed by atoms with Crippen molar-refractivity contribution in [3.8, 4) is 0 Å². The van der Waals surface area contributed by atoms with Gasteiger partial charge in [0.25, 0.3) is 11.6 Å². The first-order chi connectivity index (χ1) is 7.65. The average molecular weight is 223 g/mol. The van der Waals surface area contributed by atoms with Gasteiger partial charge in [0.1, 0.15) is 0 Å². The normalized spacial score (nSPS) is 9.81. The standard InChI is InChI=1S/C10H13N3O3/c11-6-1-7-12-10(14)8-2-4-9(5-3-8)13(15)16/h2-5H,1,6-7,11H2,(H,12,14). The third-order valence-electron chi connectivity index (χ3n) is 2.01. The highest BCUT2D eigenvalue weighted by Crippen LogP contribution is 2.11. The molecule has 3 N–H and O–H groups in total. The number of amides is 1. The Labute approximate surface area is 92.6 Å². The van der Waals surface area contributed by atoms with Gasteiger partial charge in [-0.25, -0.2) is 0 Å². The van der Waals surface area contributed by atoms with Gasteiger partial charge in [-0.1, -0.05) is 0 Å². The largest absolute Gasteiger partial charge is 0.352 e. The summed E-state index contributed by atoms with van der Waals surface area (Å²) in [6.07, 6.45) is 0.707. The van der Waals surface area contributed by atoms with Crippen molar-refractivity contribution in [1.82, 2.24) is 5.32 Å². The second-order valence-electron chi connectivity index (χ2n) is 3.20. The van der Waals surface area contributed by atoms with Crippen molar-refractivity contribution in [2.75, 3.05) is 13.1 Å². The Morgan fingerprint density at radius 1 is 1.38 bits per heavy atom. The fraction of sp³-hybridized carbons (Fsp3) is 0.300. The Morgan fingerprint density at radius 3 is 2.50 bits per heavy atom. The van der Waals surface area contributed by atoms with Crippen LogP contribution in [-0.2, 0) is 0 Å². The van der Waals surface area contributed by atoms with Crippen LogP contribution >= 0.6 is 0 Å². The number of nitro benzene ring substituents is 1. The highest BCUT2D eigenvalue weighted by Gasteiger charge is 2.08. The Hall–Kier alpha value is -1.95. The van der Waals surface area contributed by atoms with Crippen LogP contribution in [0.25, 0.3) is 0 Å². The molecule has 0 aliphatic heterocycles. The zero-order chi connectivity index (χ0) is 12.0. The smallest absolute Gasteiger partial charge is 0.269 e. The van der Waals surface area contributed by atoms with E-state index in [4.69, 9.17) is 5.73 Å². The number of carbonyl (C=O) groups excluding carboxylic acids is 1. The molecule has 6 heteroatoms. The highest BCUT2D eigenvalue weighted by atomic mass is 16.6. The molecule has 0 radical (unpaired) electrons. The lowest BCUT2D eigenvalue weighted by Crippen LogP contribution is -2.25. The van der Waals surface area contributed by atoms with Crippen molar-refractivity contribution in [2.24, 2.45) is 5.73 Å². The van der Waals surface area contributed by atoms with E-state index >= 15 is 0 Å². The molecule has 1 rings (SSSR count). The number of nitrogens with zero attached hydrogens (tertiary/aromatic N) is 1. The van der Waals surface area contributed by atoms with Crippen molar-refractivity contribution in [2.45, 2.75) is 6.42 Å². The second kappa shape index (κ2) is 5.82. The van der Waals surface area contributed by atoms with Crippen LogP contribution < -0.4 is 11.1 Å². The minimum absolute atomic E-state index is 0.0292. The van der Waals surface area contributed by atoms with Crippen LogP contribution in [0.4, 0.5) is 5.69 Å². The van der Waals surface area contributed by atoms with E-state index in [1.54, 1.807) is 0 Å². The van der Waals surface area contributed by atoms with Crippen LogP contribution in [0, 0.1) is 10.1 Å². The molecule has 0 aromatic heterocycles. The molecular weight excluding hydrogens is 210 g/mol. The van der Waals surface area contributed by atoms with Gasteiger partial charge in [-0.3, -0.25) is 14.9 Å². The van der Waals surface area contributed by atoms with Gasteiger partial charge in [0.2, 0.25) is 0 Å². The maximum Gasteiger partial charge on any atom is 0.269 e. The first-order valence-corrected chi connectivity index (χ1v) is 4.88. The van der Waals surface area contributed by atoms with Crippen molar-refractivity contribution >= 4 is 11.6 Å². The van der Waals surface area contributed by atoms with Crippen molar-refractivity contribution in [3.63, 3.8) is 0 Å². The van der Waals surface area contributed by atoms with Crippen LogP contribution in [0.15, 0.2) is 24.3 Å². The molecule has 0 heterocycles. The third-order valence-corrected chi connectivity index (χ3v) is 2.01. The van der Waals surface area contributed by atoms with Gasteiger partial charge in [0.05, 0.1) is 4.92 Å². The first kappa shape index (κ1) is 12.1. The van der Waals surface area contributed by atoms with Crippen LogP contribution in [-0.4, -0.2) is 23.9 Å². The van der Waals surface area contributed by atoms with Gasteiger partial charge in [-0.2, -0.15) is 0 Å². The minimum atomic E-state index is -0.504. The zero-order valence-corrected chi connectivity index (χ0v) is 8.68. The molecule has 0 aliphatic carbocycles. The van der Waals surface area contributed by atoms with Gasteiger partial charge in [0.15, 0.2) is 0 Å². The number of hydrogen-bond donors (Lipinski definition) is 2. The summed E-state index contributed by atoms with van der Waals surface area (Å²) in [7, 11) is 0. The average Bonchev–Trinajstić information content (AvgIpc) is 2.29. The topological polar surface area (TPSA) is 98.3 Å². The Morgan fingerprint density at radius 2 is 2.00 bits per heavy atom. The lowest BCUT2D eigenvalue weighted by molar-refractivity contribution is -0.384. The number of non-ortho nitro benzene ring substituents is 1. The minimum Gasteiger partial charge on any atom is -0.352 e. The number of nitrogens with one attached hydrogen (secondary N) is 1. The van der Waals surface area contributed by atoms with E-state index in [0.29, 0.717) is 25.1 Å². The Bertz CT molecular complexity index is 375. The molecule has 0 bridgehead atoms. The molecule has 0 fully saturated rings. The van der Waals surface area contributed by atoms with Gasteiger partial charge in [-0.15, -0.1) is 0 Å². The summed E-state index contributed by atoms with van der Waals surface area (Å²) < 4.78 is 0. The zero-order valence-electron chi connectivity index (χ0n) is 8.68. The lowest BCUT2D eigenvalue weighted by atomic mass is 10.2. The number of nitrogens with two attached hydrogens (primary N) is 1. The summed E-state index contributed by atoms with van der Waals surface area (Å²) in [6.45, 7) is 1.02. The van der Waals surface area contributed by atoms with E-state index in [9.17, 15) is 14.9 Å². The third kappa shape index (κ3) is 3.32. The van der Waals surface area contributed by atoms with Gasteiger partial charge < -0.3 is 11.1 Å². The first-order valence-electron chi connectivity index (χ1n) is 4.88. The maximum absolute atomic E-state index is 11.5. The van der Waals surface area contributed by atoms with Crippen LogP contribution in [0.5, 0.6) is 0 Å². The van der Waals surface area contributed by atoms with Gasteiger partial charge in [0, 0.05) is 24.2 Å².